The van der Waals surface area contributed by atoms with Crippen LogP contribution >= 0.6 is 0 Å². The van der Waals surface area contributed by atoms with E-state index in [1.165, 1.54) is 18.4 Å². The second kappa shape index (κ2) is 5.49. The molecule has 2 atom stereocenters. The molecule has 2 unspecified atom stereocenters. The van der Waals surface area contributed by atoms with Gasteiger partial charge in [-0.05, 0) is 31.0 Å². The summed E-state index contributed by atoms with van der Waals surface area (Å²) in [7, 11) is 2.12. The predicted molar refractivity (Wildman–Crippen MR) is 77.3 cm³/mol. The van der Waals surface area contributed by atoms with Crippen molar-refractivity contribution in [3.05, 3.63) is 54.3 Å². The number of nitrogens with zero attached hydrogens (tertiary/aromatic N) is 1. The third-order valence-electron chi connectivity index (χ3n) is 3.94. The van der Waals surface area contributed by atoms with Crippen LogP contribution in [0.2, 0.25) is 0 Å². The van der Waals surface area contributed by atoms with Gasteiger partial charge in [-0.2, -0.15) is 0 Å². The Bertz CT molecular complexity index is 495. The molecule has 2 aromatic rings. The third kappa shape index (κ3) is 2.51. The lowest BCUT2D eigenvalue weighted by Crippen LogP contribution is -2.46. The molecule has 0 saturated carbocycles. The molecular weight excluding hydrogens is 236 g/mol. The van der Waals surface area contributed by atoms with E-state index in [9.17, 15) is 0 Å². The van der Waals surface area contributed by atoms with Crippen molar-refractivity contribution in [2.45, 2.75) is 24.9 Å². The molecule has 1 aromatic heterocycles. The summed E-state index contributed by atoms with van der Waals surface area (Å²) < 4.78 is 5.53. The summed E-state index contributed by atoms with van der Waals surface area (Å²) in [5.41, 5.74) is 1.35. The first-order chi connectivity index (χ1) is 9.36. The van der Waals surface area contributed by atoms with Crippen LogP contribution in [0.3, 0.4) is 0 Å². The van der Waals surface area contributed by atoms with Crippen molar-refractivity contribution in [3.63, 3.8) is 0 Å². The Morgan fingerprint density at radius 3 is 2.74 bits per heavy atom. The highest BCUT2D eigenvalue weighted by molar-refractivity contribution is 5.37. The van der Waals surface area contributed by atoms with Gasteiger partial charge in [0.15, 0.2) is 5.88 Å². The van der Waals surface area contributed by atoms with E-state index < -0.39 is 0 Å². The highest BCUT2D eigenvalue weighted by Gasteiger charge is 2.30. The number of nitrogens with one attached hydrogen (secondary N) is 1. The molecule has 19 heavy (non-hydrogen) atoms. The lowest BCUT2D eigenvalue weighted by molar-refractivity contribution is 0.338. The molecule has 100 valence electrons. The van der Waals surface area contributed by atoms with Crippen LogP contribution in [0.15, 0.2) is 53.1 Å². The quantitative estimate of drug-likeness (QED) is 0.914. The summed E-state index contributed by atoms with van der Waals surface area (Å²) in [6.07, 6.45) is 4.13. The Morgan fingerprint density at radius 2 is 2.00 bits per heavy atom. The average Bonchev–Trinajstić information content (AvgIpc) is 3.02. The molecule has 3 rings (SSSR count). The van der Waals surface area contributed by atoms with Crippen molar-refractivity contribution >= 4 is 5.88 Å². The van der Waals surface area contributed by atoms with Crippen LogP contribution in [0, 0.1) is 0 Å². The van der Waals surface area contributed by atoms with Gasteiger partial charge >= 0.3 is 0 Å². The predicted octanol–water partition coefficient (Wildman–Crippen LogP) is 3.21. The monoisotopic (exact) mass is 256 g/mol. The molecule has 3 heteroatoms. The molecule has 1 aromatic carbocycles. The first-order valence-corrected chi connectivity index (χ1v) is 6.91. The van der Waals surface area contributed by atoms with E-state index in [0.29, 0.717) is 12.1 Å². The Hall–Kier alpha value is -1.74. The molecule has 1 fully saturated rings. The molecular formula is C16H20N2O. The van der Waals surface area contributed by atoms with Gasteiger partial charge in [0.1, 0.15) is 0 Å². The van der Waals surface area contributed by atoms with Gasteiger partial charge in [-0.15, -0.1) is 0 Å². The van der Waals surface area contributed by atoms with E-state index in [-0.39, 0.29) is 0 Å². The Kier molecular flexibility index (Phi) is 3.56. The van der Waals surface area contributed by atoms with Crippen molar-refractivity contribution in [2.75, 3.05) is 18.5 Å². The molecule has 1 N–H and O–H groups in total. The summed E-state index contributed by atoms with van der Waals surface area (Å²) in [5.74, 6) is 0.939. The van der Waals surface area contributed by atoms with Gasteiger partial charge < -0.3 is 14.6 Å². The third-order valence-corrected chi connectivity index (χ3v) is 3.94. The van der Waals surface area contributed by atoms with Gasteiger partial charge in [-0.3, -0.25) is 0 Å². The van der Waals surface area contributed by atoms with Crippen LogP contribution in [0.25, 0.3) is 0 Å². The topological polar surface area (TPSA) is 28.4 Å². The van der Waals surface area contributed by atoms with Crippen LogP contribution in [0.5, 0.6) is 0 Å². The van der Waals surface area contributed by atoms with E-state index in [0.717, 1.165) is 12.4 Å². The fourth-order valence-electron chi connectivity index (χ4n) is 2.92. The maximum Gasteiger partial charge on any atom is 0.195 e. The second-order valence-electron chi connectivity index (χ2n) is 5.11. The summed E-state index contributed by atoms with van der Waals surface area (Å²) in [5, 5.41) is 3.64. The molecule has 2 heterocycles. The smallest absolute Gasteiger partial charge is 0.195 e. The number of likely N-dealkylation sites (N-methyl/N-ethyl adjacent to an activating group) is 1. The Balaban J connectivity index is 1.85. The number of furan rings is 1. The van der Waals surface area contributed by atoms with Gasteiger partial charge in [-0.1, -0.05) is 30.3 Å². The Labute approximate surface area is 114 Å². The van der Waals surface area contributed by atoms with Gasteiger partial charge in [0, 0.05) is 13.1 Å². The van der Waals surface area contributed by atoms with Crippen molar-refractivity contribution in [1.82, 2.24) is 5.32 Å². The fourth-order valence-corrected chi connectivity index (χ4v) is 2.92. The summed E-state index contributed by atoms with van der Waals surface area (Å²) in [6, 6.07) is 15.4. The van der Waals surface area contributed by atoms with Gasteiger partial charge in [-0.25, -0.2) is 0 Å². The zero-order chi connectivity index (χ0) is 13.1. The van der Waals surface area contributed by atoms with E-state index in [1.54, 1.807) is 6.26 Å². The second-order valence-corrected chi connectivity index (χ2v) is 5.11. The Morgan fingerprint density at radius 1 is 1.16 bits per heavy atom. The maximum atomic E-state index is 5.53. The highest BCUT2D eigenvalue weighted by atomic mass is 16.3. The summed E-state index contributed by atoms with van der Waals surface area (Å²) >= 11 is 0. The van der Waals surface area contributed by atoms with Crippen LogP contribution in [0.1, 0.15) is 24.4 Å². The van der Waals surface area contributed by atoms with E-state index >= 15 is 0 Å². The SMILES string of the molecule is CN(c1ccco1)C1CCCNC1c1ccccc1. The van der Waals surface area contributed by atoms with Gasteiger partial charge in [0.2, 0.25) is 0 Å². The number of hydrogen-bond acceptors (Lipinski definition) is 3. The van der Waals surface area contributed by atoms with Crippen LogP contribution < -0.4 is 10.2 Å². The van der Waals surface area contributed by atoms with Crippen molar-refractivity contribution in [1.29, 1.82) is 0 Å². The average molecular weight is 256 g/mol. The number of hydrogen-bond donors (Lipinski definition) is 1. The largest absolute Gasteiger partial charge is 0.449 e. The first kappa shape index (κ1) is 12.3. The lowest BCUT2D eigenvalue weighted by Gasteiger charge is -2.38. The number of benzene rings is 1. The molecule has 3 nitrogen and oxygen atoms in total. The van der Waals surface area contributed by atoms with Crippen molar-refractivity contribution in [3.8, 4) is 0 Å². The molecule has 0 aliphatic carbocycles. The standard InChI is InChI=1S/C16H20N2O/c1-18(15-10-6-12-19-15)14-9-5-11-17-16(14)13-7-3-2-4-8-13/h2-4,6-8,10,12,14,16-17H,5,9,11H2,1H3. The van der Waals surface area contributed by atoms with E-state index in [1.807, 2.05) is 12.1 Å². The van der Waals surface area contributed by atoms with Crippen molar-refractivity contribution in [2.24, 2.45) is 0 Å². The normalized spacial score (nSPS) is 23.2. The minimum absolute atomic E-state index is 0.366. The van der Waals surface area contributed by atoms with Crippen LogP contribution in [-0.2, 0) is 0 Å². The highest BCUT2D eigenvalue weighted by Crippen LogP contribution is 2.30. The molecule has 0 amide bonds. The van der Waals surface area contributed by atoms with Gasteiger partial charge in [0.25, 0.3) is 0 Å². The number of rotatable bonds is 3. The maximum absolute atomic E-state index is 5.53. The minimum Gasteiger partial charge on any atom is -0.449 e. The molecule has 1 aliphatic rings. The molecule has 0 spiro atoms. The van der Waals surface area contributed by atoms with E-state index in [2.05, 4.69) is 47.6 Å². The van der Waals surface area contributed by atoms with Gasteiger partial charge in [0.05, 0.1) is 18.3 Å². The van der Waals surface area contributed by atoms with Crippen LogP contribution in [-0.4, -0.2) is 19.6 Å². The summed E-state index contributed by atoms with van der Waals surface area (Å²) in [6.45, 7) is 1.09. The summed E-state index contributed by atoms with van der Waals surface area (Å²) in [4.78, 5) is 2.25. The molecule has 0 radical (unpaired) electrons. The van der Waals surface area contributed by atoms with E-state index in [4.69, 9.17) is 4.42 Å². The number of anilines is 1. The fraction of sp³-hybridized carbons (Fsp3) is 0.375. The zero-order valence-electron chi connectivity index (χ0n) is 11.3. The minimum atomic E-state index is 0.366. The number of piperidine rings is 1. The zero-order valence-corrected chi connectivity index (χ0v) is 11.3. The molecule has 0 bridgehead atoms. The molecule has 1 saturated heterocycles. The molecule has 1 aliphatic heterocycles. The first-order valence-electron chi connectivity index (χ1n) is 6.91. The van der Waals surface area contributed by atoms with Crippen LogP contribution in [0.4, 0.5) is 5.88 Å². The van der Waals surface area contributed by atoms with Crippen molar-refractivity contribution < 1.29 is 4.42 Å². The lowest BCUT2D eigenvalue weighted by atomic mass is 9.91.